The van der Waals surface area contributed by atoms with Gasteiger partial charge in [-0.25, -0.2) is 9.59 Å². The predicted molar refractivity (Wildman–Crippen MR) is 112 cm³/mol. The van der Waals surface area contributed by atoms with E-state index in [0.717, 1.165) is 0 Å². The van der Waals surface area contributed by atoms with Crippen molar-refractivity contribution in [3.8, 4) is 0 Å². The van der Waals surface area contributed by atoms with Crippen LogP contribution >= 0.6 is 0 Å². The van der Waals surface area contributed by atoms with Crippen LogP contribution in [0.3, 0.4) is 0 Å². The summed E-state index contributed by atoms with van der Waals surface area (Å²) in [5.74, 6) is -5.11. The van der Waals surface area contributed by atoms with Crippen LogP contribution in [0.5, 0.6) is 0 Å². The van der Waals surface area contributed by atoms with Gasteiger partial charge in [0.25, 0.3) is 0 Å². The fraction of sp³-hybridized carbons (Fsp3) is 0.800. The van der Waals surface area contributed by atoms with E-state index in [0.29, 0.717) is 0 Å². The number of hydrogen-bond acceptors (Lipinski definition) is 12. The Morgan fingerprint density at radius 3 is 1.33 bits per heavy atom. The van der Waals surface area contributed by atoms with Crippen molar-refractivity contribution in [2.24, 2.45) is 0 Å². The van der Waals surface area contributed by atoms with Crippen LogP contribution < -0.4 is 10.2 Å². The zero-order valence-electron chi connectivity index (χ0n) is 19.7. The van der Waals surface area contributed by atoms with Gasteiger partial charge in [0.2, 0.25) is 0 Å². The second-order valence-electron chi connectivity index (χ2n) is 6.38. The quantitative estimate of drug-likeness (QED) is 0.0911. The third-order valence-electron chi connectivity index (χ3n) is 3.32. The fourth-order valence-corrected chi connectivity index (χ4v) is 5.80. The molecule has 0 aromatic heterocycles. The first-order chi connectivity index (χ1) is 15.6. The molecule has 0 aromatic carbocycles. The molecule has 0 radical (unpaired) electrons. The molecule has 0 amide bonds. The van der Waals surface area contributed by atoms with Crippen LogP contribution in [0.15, 0.2) is 0 Å². The molecule has 0 saturated carbocycles. The largest absolute Gasteiger partial charge is 0.550 e. The van der Waals surface area contributed by atoms with E-state index in [-0.39, 0.29) is 34.7 Å². The van der Waals surface area contributed by atoms with Gasteiger partial charge in [-0.1, -0.05) is 0 Å². The van der Waals surface area contributed by atoms with E-state index < -0.39 is 48.9 Å². The summed E-state index contributed by atoms with van der Waals surface area (Å²) in [7, 11) is 2.58. The Morgan fingerprint density at radius 1 is 0.758 bits per heavy atom. The van der Waals surface area contributed by atoms with E-state index in [2.05, 4.69) is 32.8 Å². The van der Waals surface area contributed by atoms with Gasteiger partial charge in [0.05, 0.1) is 0 Å². The number of rotatable bonds is 16. The van der Waals surface area contributed by atoms with Gasteiger partial charge in [0, 0.05) is 39.0 Å². The van der Waals surface area contributed by atoms with Crippen LogP contribution in [-0.4, -0.2) is 95.2 Å². The second kappa shape index (κ2) is 26.8. The topological polar surface area (TPSA) is 192 Å². The van der Waals surface area contributed by atoms with Crippen LogP contribution in [0.4, 0.5) is 0 Å². The molecule has 0 aliphatic carbocycles. The molecule has 0 bridgehead atoms. The maximum atomic E-state index is 10.6. The molecule has 2 atom stereocenters. The molecule has 0 fully saturated rings. The molecule has 12 nitrogen and oxygen atoms in total. The first-order valence-corrected chi connectivity index (χ1v) is 14.4. The summed E-state index contributed by atoms with van der Waals surface area (Å²) in [5.41, 5.74) is 0. The number of unbranched alkanes of at least 4 members (excludes halogenated alkanes) is 2. The number of carboxylic acid groups (broad SMARTS) is 2. The van der Waals surface area contributed by atoms with Gasteiger partial charge in [-0.05, 0) is 0 Å². The third kappa shape index (κ3) is 30.5. The number of hydrogen-bond donors (Lipinski definition) is 2. The van der Waals surface area contributed by atoms with Crippen molar-refractivity contribution >= 4 is 45.0 Å². The number of carbonyl (C=O) groups is 4. The van der Waals surface area contributed by atoms with E-state index in [1.807, 2.05) is 0 Å². The Morgan fingerprint density at radius 2 is 1.09 bits per heavy atom. The van der Waals surface area contributed by atoms with Gasteiger partial charge in [-0.2, -0.15) is 0 Å². The SMILES string of the molecule is CCC[CH2][Sn+2][CH2]CCC.COCOC(=O)C(O)CC(=O)[O-].COCOC(=O)C(O)CC(=O)[O-]. The maximum Gasteiger partial charge on any atom is 0.337 e. The Balaban J connectivity index is -0.000000414. The van der Waals surface area contributed by atoms with Gasteiger partial charge < -0.3 is 49.0 Å². The molecular weight excluding hydrogens is 551 g/mol. The smallest absolute Gasteiger partial charge is 0.337 e. The molecule has 0 saturated heterocycles. The summed E-state index contributed by atoms with van der Waals surface area (Å²) in [6.07, 6.45) is 0.909. The summed E-state index contributed by atoms with van der Waals surface area (Å²) < 4.78 is 20.5. The summed E-state index contributed by atoms with van der Waals surface area (Å²) in [6, 6.07) is 0. The van der Waals surface area contributed by atoms with Gasteiger partial charge in [-0.15, -0.1) is 0 Å². The molecule has 192 valence electrons. The number of aliphatic carboxylic acids is 2. The van der Waals surface area contributed by atoms with Crippen LogP contribution in [0, 0.1) is 0 Å². The van der Waals surface area contributed by atoms with Gasteiger partial charge in [-0.3, -0.25) is 0 Å². The number of carbonyl (C=O) groups excluding carboxylic acids is 4. The van der Waals surface area contributed by atoms with E-state index in [9.17, 15) is 29.4 Å². The number of esters is 2. The van der Waals surface area contributed by atoms with E-state index in [4.69, 9.17) is 10.2 Å². The monoisotopic (exact) mass is 588 g/mol. The zero-order chi connectivity index (χ0) is 26.1. The standard InChI is InChI=1S/2C6H10O6.2C4H9.Sn/c2*1-11-3-12-6(10)4(7)2-5(8)9;2*1-3-4-2;/h2*4,7H,2-3H2,1H3,(H,8,9);2*1,3-4H2,2H3;/q;;;;+2/p-2. The molecule has 2 N–H and O–H groups in total. The number of ether oxygens (including phenoxy) is 4. The summed E-state index contributed by atoms with van der Waals surface area (Å²) in [6.45, 7) is 3.95. The third-order valence-corrected chi connectivity index (χ3v) is 7.35. The normalized spacial score (nSPS) is 11.3. The fourth-order valence-electron chi connectivity index (χ4n) is 1.64. The summed E-state index contributed by atoms with van der Waals surface area (Å²) >= 11 is 0.149. The zero-order valence-corrected chi connectivity index (χ0v) is 22.6. The first kappa shape index (κ1) is 36.1. The molecule has 0 heterocycles. The predicted octanol–water partition coefficient (Wildman–Crippen LogP) is -1.60. The second-order valence-corrected chi connectivity index (χ2v) is 10.7. The number of carboxylic acids is 2. The Kier molecular flexibility index (Phi) is 29.3. The van der Waals surface area contributed by atoms with Crippen molar-refractivity contribution in [2.45, 2.75) is 73.5 Å². The number of aliphatic hydroxyl groups is 2. The molecule has 0 aliphatic heterocycles. The van der Waals surface area contributed by atoms with Crippen molar-refractivity contribution in [1.82, 2.24) is 0 Å². The summed E-state index contributed by atoms with van der Waals surface area (Å²) in [4.78, 5) is 40.9. The van der Waals surface area contributed by atoms with E-state index in [1.165, 1.54) is 39.9 Å². The van der Waals surface area contributed by atoms with Crippen molar-refractivity contribution in [3.05, 3.63) is 0 Å². The molecule has 0 aromatic rings. The Labute approximate surface area is 204 Å². The molecule has 0 spiro atoms. The first-order valence-electron chi connectivity index (χ1n) is 10.3. The Hall–Kier alpha value is -1.48. The van der Waals surface area contributed by atoms with Crippen LogP contribution in [0.2, 0.25) is 8.87 Å². The minimum atomic E-state index is -1.69. The maximum absolute atomic E-state index is 10.6. The van der Waals surface area contributed by atoms with Gasteiger partial charge in [0.1, 0.15) is 0 Å². The van der Waals surface area contributed by atoms with Crippen molar-refractivity contribution in [3.63, 3.8) is 0 Å². The number of methoxy groups -OCH3 is 2. The molecule has 0 aliphatic rings. The summed E-state index contributed by atoms with van der Waals surface area (Å²) in [5, 5.41) is 37.3. The average Bonchev–Trinajstić information content (AvgIpc) is 2.75. The Bertz CT molecular complexity index is 471. The van der Waals surface area contributed by atoms with Crippen molar-refractivity contribution in [1.29, 1.82) is 0 Å². The van der Waals surface area contributed by atoms with Gasteiger partial charge >= 0.3 is 81.5 Å². The molecule has 33 heavy (non-hydrogen) atoms. The average molecular weight is 587 g/mol. The molecular formula is C20H36O12Sn. The van der Waals surface area contributed by atoms with E-state index >= 15 is 0 Å². The minimum Gasteiger partial charge on any atom is -0.550 e. The van der Waals surface area contributed by atoms with Crippen LogP contribution in [0.25, 0.3) is 0 Å². The van der Waals surface area contributed by atoms with Gasteiger partial charge in [0.15, 0.2) is 25.8 Å². The molecule has 0 rings (SSSR count). The van der Waals surface area contributed by atoms with Crippen LogP contribution in [-0.2, 0) is 38.1 Å². The molecule has 13 heteroatoms. The number of aliphatic hydroxyl groups excluding tert-OH is 2. The van der Waals surface area contributed by atoms with Crippen molar-refractivity contribution < 1.29 is 58.6 Å². The van der Waals surface area contributed by atoms with Crippen LogP contribution in [0.1, 0.15) is 52.4 Å². The minimum absolute atomic E-state index is 0.149. The van der Waals surface area contributed by atoms with Crippen molar-refractivity contribution in [2.75, 3.05) is 27.8 Å². The molecule has 2 unspecified atom stereocenters. The van der Waals surface area contributed by atoms with E-state index in [1.54, 1.807) is 8.87 Å².